The summed E-state index contributed by atoms with van der Waals surface area (Å²) >= 11 is 5.68. The third kappa shape index (κ3) is 7.77. The van der Waals surface area contributed by atoms with Crippen molar-refractivity contribution in [2.75, 3.05) is 36.8 Å². The van der Waals surface area contributed by atoms with Crippen LogP contribution in [0.5, 0.6) is 0 Å². The van der Waals surface area contributed by atoms with Crippen LogP contribution >= 0.6 is 12.2 Å². The second-order valence-corrected chi connectivity index (χ2v) is 11.2. The van der Waals surface area contributed by atoms with E-state index in [2.05, 4.69) is 43.4 Å². The van der Waals surface area contributed by atoms with Crippen LogP contribution in [-0.4, -0.2) is 57.0 Å². The van der Waals surface area contributed by atoms with Gasteiger partial charge in [0.15, 0.2) is 0 Å². The summed E-state index contributed by atoms with van der Waals surface area (Å²) in [5.74, 6) is 0.408. The number of nitrogens with one attached hydrogen (secondary N) is 2. The Bertz CT molecular complexity index is 1550. The summed E-state index contributed by atoms with van der Waals surface area (Å²) in [6.07, 6.45) is 0. The minimum Gasteiger partial charge on any atom is -0.340 e. The van der Waals surface area contributed by atoms with Crippen LogP contribution in [0.25, 0.3) is 0 Å². The summed E-state index contributed by atoms with van der Waals surface area (Å²) in [4.78, 5) is 18.3. The van der Waals surface area contributed by atoms with Crippen molar-refractivity contribution in [3.8, 4) is 0 Å². The number of nitrogens with zero attached hydrogens (tertiary/aromatic N) is 5. The molecule has 1 saturated heterocycles. The highest BCUT2D eigenvalue weighted by molar-refractivity contribution is 7.80. The fourth-order valence-electron chi connectivity index (χ4n) is 5.35. The number of piperazine rings is 1. The van der Waals surface area contributed by atoms with Gasteiger partial charge in [0.25, 0.3) is 0 Å². The van der Waals surface area contributed by atoms with Gasteiger partial charge in [-0.2, -0.15) is 4.99 Å². The molecule has 10 heteroatoms. The zero-order chi connectivity index (χ0) is 30.5. The fourth-order valence-corrected chi connectivity index (χ4v) is 5.55. The van der Waals surface area contributed by atoms with Gasteiger partial charge in [-0.25, -0.2) is 18.7 Å². The molecule has 1 aliphatic rings. The van der Waals surface area contributed by atoms with Crippen LogP contribution in [0.15, 0.2) is 77.8 Å². The van der Waals surface area contributed by atoms with Gasteiger partial charge in [-0.3, -0.25) is 10.2 Å². The number of aliphatic imine (C=N–C) groups is 1. The molecule has 0 unspecified atom stereocenters. The van der Waals surface area contributed by atoms with E-state index < -0.39 is 0 Å². The van der Waals surface area contributed by atoms with Crippen LogP contribution < -0.4 is 10.6 Å². The Morgan fingerprint density at radius 3 is 1.86 bits per heavy atom. The van der Waals surface area contributed by atoms with E-state index in [1.165, 1.54) is 29.8 Å². The molecule has 0 spiro atoms. The second-order valence-electron chi connectivity index (χ2n) is 10.8. The van der Waals surface area contributed by atoms with E-state index >= 15 is 0 Å². The van der Waals surface area contributed by atoms with E-state index in [-0.39, 0.29) is 17.7 Å². The standard InChI is InChI=1S/C33H35F2N7S/c1-21-5-14-29(22(2)19-21)38-33(43)40-32(39-31-36-23(3)20-24(4)37-31)42-17-15-41(16-18-42)30(25-6-10-27(34)11-7-25)26-8-12-28(35)13-9-26/h5-14,19-20,30H,15-18H2,1-4H3,(H2,36,37,38,39,40,43). The number of guanidine groups is 1. The van der Waals surface area contributed by atoms with Gasteiger partial charge in [0, 0.05) is 43.3 Å². The number of rotatable bonds is 5. The quantitative estimate of drug-likeness (QED) is 0.153. The van der Waals surface area contributed by atoms with Crippen molar-refractivity contribution >= 4 is 34.9 Å². The van der Waals surface area contributed by atoms with Gasteiger partial charge >= 0.3 is 0 Å². The van der Waals surface area contributed by atoms with Gasteiger partial charge in [0.05, 0.1) is 6.04 Å². The molecular formula is C33H35F2N7S. The lowest BCUT2D eigenvalue weighted by molar-refractivity contribution is 0.150. The topological polar surface area (TPSA) is 68.7 Å². The number of thiocarbonyl (C=S) groups is 1. The molecule has 0 atom stereocenters. The Morgan fingerprint density at radius 1 is 0.767 bits per heavy atom. The molecule has 3 aromatic carbocycles. The molecule has 2 heterocycles. The second kappa shape index (κ2) is 13.4. The monoisotopic (exact) mass is 599 g/mol. The van der Waals surface area contributed by atoms with Crippen LogP contribution in [0.4, 0.5) is 20.4 Å². The van der Waals surface area contributed by atoms with Crippen LogP contribution in [-0.2, 0) is 0 Å². The van der Waals surface area contributed by atoms with Crippen LogP contribution in [0.3, 0.4) is 0 Å². The lowest BCUT2D eigenvalue weighted by Crippen LogP contribution is -2.52. The molecule has 222 valence electrons. The number of aryl methyl sites for hydroxylation is 4. The molecule has 0 aliphatic carbocycles. The lowest BCUT2D eigenvalue weighted by Gasteiger charge is -2.40. The van der Waals surface area contributed by atoms with Gasteiger partial charge in [-0.15, -0.1) is 0 Å². The molecule has 0 saturated carbocycles. The lowest BCUT2D eigenvalue weighted by atomic mass is 9.96. The maximum atomic E-state index is 13.8. The first-order valence-electron chi connectivity index (χ1n) is 14.2. The van der Waals surface area contributed by atoms with E-state index in [1.54, 1.807) is 24.3 Å². The SMILES string of the molecule is Cc1ccc(NC(=S)/N=C(/Nc2nc(C)cc(C)n2)N2CCN(C(c3ccc(F)cc3)c3ccc(F)cc3)CC2)c(C)c1. The van der Waals surface area contributed by atoms with Gasteiger partial charge in [-0.1, -0.05) is 42.0 Å². The summed E-state index contributed by atoms with van der Waals surface area (Å²) < 4.78 is 27.6. The minimum atomic E-state index is -0.294. The molecule has 43 heavy (non-hydrogen) atoms. The molecule has 1 aromatic heterocycles. The predicted octanol–water partition coefficient (Wildman–Crippen LogP) is 6.56. The molecule has 1 fully saturated rings. The largest absolute Gasteiger partial charge is 0.340 e. The van der Waals surface area contributed by atoms with Crippen LogP contribution in [0.2, 0.25) is 0 Å². The molecule has 5 rings (SSSR count). The number of halogens is 2. The highest BCUT2D eigenvalue weighted by atomic mass is 32.1. The molecule has 0 radical (unpaired) electrons. The molecule has 7 nitrogen and oxygen atoms in total. The average Bonchev–Trinajstić information content (AvgIpc) is 2.96. The number of aromatic nitrogens is 2. The third-order valence-corrected chi connectivity index (χ3v) is 7.58. The van der Waals surface area contributed by atoms with E-state index in [0.717, 1.165) is 33.8 Å². The van der Waals surface area contributed by atoms with Crippen molar-refractivity contribution in [3.63, 3.8) is 0 Å². The first kappa shape index (κ1) is 30.2. The van der Waals surface area contributed by atoms with Crippen molar-refractivity contribution in [2.45, 2.75) is 33.7 Å². The third-order valence-electron chi connectivity index (χ3n) is 7.39. The van der Waals surface area contributed by atoms with Crippen molar-refractivity contribution in [1.29, 1.82) is 0 Å². The van der Waals surface area contributed by atoms with E-state index in [1.807, 2.05) is 39.0 Å². The van der Waals surface area contributed by atoms with Gasteiger partial charge < -0.3 is 10.2 Å². The van der Waals surface area contributed by atoms with Crippen LogP contribution in [0.1, 0.15) is 39.7 Å². The smallest absolute Gasteiger partial charge is 0.229 e. The zero-order valence-corrected chi connectivity index (χ0v) is 25.6. The summed E-state index contributed by atoms with van der Waals surface area (Å²) in [5, 5.41) is 6.89. The number of hydrogen-bond donors (Lipinski definition) is 2. The Morgan fingerprint density at radius 2 is 1.33 bits per heavy atom. The molecule has 4 aromatic rings. The summed E-state index contributed by atoms with van der Waals surface area (Å²) in [7, 11) is 0. The molecule has 0 amide bonds. The summed E-state index contributed by atoms with van der Waals surface area (Å²) in [6.45, 7) is 10.5. The Balaban J connectivity index is 1.39. The number of benzene rings is 3. The highest BCUT2D eigenvalue weighted by Crippen LogP contribution is 2.30. The van der Waals surface area contributed by atoms with Crippen LogP contribution in [0, 0.1) is 39.3 Å². The molecule has 0 bridgehead atoms. The highest BCUT2D eigenvalue weighted by Gasteiger charge is 2.28. The normalized spacial score (nSPS) is 14.2. The average molecular weight is 600 g/mol. The van der Waals surface area contributed by atoms with Crippen molar-refractivity contribution in [1.82, 2.24) is 19.8 Å². The molecule has 1 aliphatic heterocycles. The Kier molecular flexibility index (Phi) is 9.37. The number of anilines is 2. The van der Waals surface area contributed by atoms with Gasteiger partial charge in [-0.05, 0) is 93.0 Å². The van der Waals surface area contributed by atoms with Crippen molar-refractivity contribution in [3.05, 3.63) is 118 Å². The maximum Gasteiger partial charge on any atom is 0.229 e. The zero-order valence-electron chi connectivity index (χ0n) is 24.7. The first-order chi connectivity index (χ1) is 20.6. The van der Waals surface area contributed by atoms with E-state index in [9.17, 15) is 8.78 Å². The van der Waals surface area contributed by atoms with Gasteiger partial charge in [0.1, 0.15) is 11.6 Å². The number of hydrogen-bond acceptors (Lipinski definition) is 4. The summed E-state index contributed by atoms with van der Waals surface area (Å²) in [5.41, 5.74) is 6.71. The van der Waals surface area contributed by atoms with Crippen molar-refractivity contribution in [2.24, 2.45) is 4.99 Å². The van der Waals surface area contributed by atoms with Crippen molar-refractivity contribution < 1.29 is 8.78 Å². The minimum absolute atomic E-state index is 0.160. The predicted molar refractivity (Wildman–Crippen MR) is 172 cm³/mol. The Hall–Kier alpha value is -4.28. The fraction of sp³-hybridized carbons (Fsp3) is 0.273. The molecule has 2 N–H and O–H groups in total. The maximum absolute atomic E-state index is 13.8. The van der Waals surface area contributed by atoms with Gasteiger partial charge in [0.2, 0.25) is 17.0 Å². The summed E-state index contributed by atoms with van der Waals surface area (Å²) in [6, 6.07) is 20.9. The first-order valence-corrected chi connectivity index (χ1v) is 14.6. The molecular weight excluding hydrogens is 564 g/mol. The van der Waals surface area contributed by atoms with E-state index in [4.69, 9.17) is 17.2 Å². The van der Waals surface area contributed by atoms with E-state index in [0.29, 0.717) is 43.2 Å². The Labute approximate surface area is 256 Å².